The Hall–Kier alpha value is -3.89. The average Bonchev–Trinajstić information content (AvgIpc) is 3.50. The van der Waals surface area contributed by atoms with E-state index in [1.54, 1.807) is 19.6 Å². The molecule has 0 aromatic rings. The molecule has 276 valence electrons. The molecule has 4 amide bonds. The summed E-state index contributed by atoms with van der Waals surface area (Å²) in [4.78, 5) is 92.8. The number of carboxylic acid groups (broad SMARTS) is 3. The highest BCUT2D eigenvalue weighted by molar-refractivity contribution is 6.43. The number of carboxylic acids is 3. The molecular weight excluding hydrogens is 651 g/mol. The predicted molar refractivity (Wildman–Crippen MR) is 172 cm³/mol. The molecule has 2 heterocycles. The number of nitrogens with one attached hydrogen (secondary N) is 3. The van der Waals surface area contributed by atoms with Gasteiger partial charge < -0.3 is 46.2 Å². The fourth-order valence-corrected chi connectivity index (χ4v) is 5.61. The number of likely N-dealkylation sites (tertiary alicyclic amines) is 1. The lowest BCUT2D eigenvalue weighted by Gasteiger charge is -2.32. The fourth-order valence-electron chi connectivity index (χ4n) is 5.61. The van der Waals surface area contributed by atoms with E-state index in [9.17, 15) is 58.9 Å². The molecule has 20 nitrogen and oxygen atoms in total. The first kappa shape index (κ1) is 41.3. The Morgan fingerprint density at radius 1 is 0.633 bits per heavy atom. The molecule has 2 rings (SSSR count). The molecule has 3 atom stereocenters. The molecule has 0 unspecified atom stereocenters. The molecule has 0 aromatic carbocycles. The van der Waals surface area contributed by atoms with Gasteiger partial charge in [-0.2, -0.15) is 0 Å². The highest BCUT2D eigenvalue weighted by Crippen LogP contribution is 2.19. The largest absolute Gasteiger partial charge is 0.480 e. The molecule has 21 heteroatoms. The van der Waals surface area contributed by atoms with E-state index >= 15 is 0 Å². The first-order valence-corrected chi connectivity index (χ1v) is 16.1. The van der Waals surface area contributed by atoms with Crippen LogP contribution >= 0.6 is 0 Å². The van der Waals surface area contributed by atoms with Crippen LogP contribution in [0.15, 0.2) is 0 Å². The van der Waals surface area contributed by atoms with Crippen LogP contribution in [0.3, 0.4) is 0 Å². The van der Waals surface area contributed by atoms with Gasteiger partial charge in [0.15, 0.2) is 0 Å². The van der Waals surface area contributed by atoms with E-state index in [0.717, 1.165) is 0 Å². The number of hydrogen-bond donors (Lipinski definition) is 8. The first-order valence-electron chi connectivity index (χ1n) is 16.1. The monoisotopic (exact) mass is 700 g/mol. The van der Waals surface area contributed by atoms with Gasteiger partial charge in [0, 0.05) is 58.9 Å². The van der Waals surface area contributed by atoms with Crippen LogP contribution < -0.4 is 16.0 Å². The van der Waals surface area contributed by atoms with Crippen molar-refractivity contribution in [2.75, 3.05) is 91.6 Å². The zero-order valence-corrected chi connectivity index (χ0v) is 28.0. The Kier molecular flexibility index (Phi) is 17.3. The van der Waals surface area contributed by atoms with Crippen LogP contribution in [0.1, 0.15) is 26.7 Å². The normalized spacial score (nSPS) is 20.2. The number of amides is 4. The Balaban J connectivity index is 1.93. The SMILES string of the molecule is C[C@H](NC(=O)CNC(=O)CN1CCN(CC(=O)O)CCN(CC(=O)O)CCN(CC(=O)O)CC1)C(=O)N[C@H](C)C(=O)N1CCC[C@H]1B(O)O. The highest BCUT2D eigenvalue weighted by atomic mass is 16.4. The average molecular weight is 701 g/mol. The van der Waals surface area contributed by atoms with Gasteiger partial charge in [-0.25, -0.2) is 0 Å². The highest BCUT2D eigenvalue weighted by Gasteiger charge is 2.38. The summed E-state index contributed by atoms with van der Waals surface area (Å²) in [6.07, 6.45) is 1.01. The Labute approximate surface area is 284 Å². The van der Waals surface area contributed by atoms with Gasteiger partial charge in [0.25, 0.3) is 0 Å². The van der Waals surface area contributed by atoms with E-state index in [1.165, 1.54) is 18.7 Å². The molecule has 0 spiro atoms. The summed E-state index contributed by atoms with van der Waals surface area (Å²) in [5.41, 5.74) is 0. The number of aliphatic carboxylic acids is 3. The summed E-state index contributed by atoms with van der Waals surface area (Å²) < 4.78 is 0. The van der Waals surface area contributed by atoms with E-state index < -0.39 is 73.2 Å². The summed E-state index contributed by atoms with van der Waals surface area (Å²) in [6.45, 7) is 3.35. The maximum atomic E-state index is 12.8. The number of hydrogen-bond acceptors (Lipinski definition) is 13. The molecular formula is C28H49BN8O12. The van der Waals surface area contributed by atoms with Crippen LogP contribution in [0.5, 0.6) is 0 Å². The lowest BCUT2D eigenvalue weighted by atomic mass is 9.78. The van der Waals surface area contributed by atoms with Gasteiger partial charge in [0.2, 0.25) is 23.6 Å². The van der Waals surface area contributed by atoms with Gasteiger partial charge in [-0.05, 0) is 26.7 Å². The van der Waals surface area contributed by atoms with E-state index in [0.29, 0.717) is 19.4 Å². The van der Waals surface area contributed by atoms with E-state index in [2.05, 4.69) is 16.0 Å². The van der Waals surface area contributed by atoms with Crippen molar-refractivity contribution in [3.63, 3.8) is 0 Å². The summed E-state index contributed by atoms with van der Waals surface area (Å²) in [5, 5.41) is 54.4. The van der Waals surface area contributed by atoms with E-state index in [1.807, 2.05) is 0 Å². The molecule has 0 saturated carbocycles. The number of carbonyl (C=O) groups is 7. The standard InChI is InChI=1S/C28H49BN8O12/c1-19(27(46)32-20(2)28(47)37-5-3-4-21(37)29(48)49)31-22(38)14-30-23(39)15-33-6-8-34(16-24(40)41)10-12-36(18-26(44)45)13-11-35(9-7-33)17-25(42)43/h19-21,48-49H,3-18H2,1-2H3,(H,30,39)(H,31,38)(H,32,46)(H,40,41)(H,42,43)(H,44,45)/t19-,20+,21-/m0/s1. The smallest absolute Gasteiger partial charge is 0.475 e. The van der Waals surface area contributed by atoms with Crippen molar-refractivity contribution in [3.8, 4) is 0 Å². The molecule has 0 aliphatic carbocycles. The van der Waals surface area contributed by atoms with Gasteiger partial charge in [-0.15, -0.1) is 0 Å². The van der Waals surface area contributed by atoms with Crippen molar-refractivity contribution in [2.24, 2.45) is 0 Å². The first-order chi connectivity index (χ1) is 23.0. The zero-order chi connectivity index (χ0) is 36.7. The van der Waals surface area contributed by atoms with E-state index in [-0.39, 0.29) is 78.5 Å². The molecule has 2 aliphatic rings. The quantitative estimate of drug-likeness (QED) is 0.0741. The van der Waals surface area contributed by atoms with Crippen LogP contribution in [-0.4, -0.2) is 208 Å². The minimum absolute atomic E-state index is 0.198. The van der Waals surface area contributed by atoms with Crippen molar-refractivity contribution >= 4 is 48.7 Å². The zero-order valence-electron chi connectivity index (χ0n) is 28.0. The summed E-state index contributed by atoms with van der Waals surface area (Å²) in [6, 6.07) is -2.06. The van der Waals surface area contributed by atoms with Crippen LogP contribution in [0, 0.1) is 0 Å². The minimum atomic E-state index is -1.70. The van der Waals surface area contributed by atoms with Crippen molar-refractivity contribution in [2.45, 2.75) is 44.7 Å². The van der Waals surface area contributed by atoms with Gasteiger partial charge in [0.05, 0.1) is 38.7 Å². The third kappa shape index (κ3) is 15.5. The van der Waals surface area contributed by atoms with Crippen molar-refractivity contribution in [3.05, 3.63) is 0 Å². The Morgan fingerprint density at radius 2 is 1.06 bits per heavy atom. The maximum absolute atomic E-state index is 12.8. The summed E-state index contributed by atoms with van der Waals surface area (Å²) in [5.74, 6) is -6.38. The van der Waals surface area contributed by atoms with Crippen LogP contribution in [-0.2, 0) is 33.6 Å². The van der Waals surface area contributed by atoms with Gasteiger partial charge in [0.1, 0.15) is 12.1 Å². The second-order valence-electron chi connectivity index (χ2n) is 12.2. The summed E-state index contributed by atoms with van der Waals surface area (Å²) in [7, 11) is -1.70. The molecule has 0 radical (unpaired) electrons. The third-order valence-electron chi connectivity index (χ3n) is 8.25. The van der Waals surface area contributed by atoms with Crippen molar-refractivity contribution < 1.29 is 58.9 Å². The molecule has 8 N–H and O–H groups in total. The fraction of sp³-hybridized carbons (Fsp3) is 0.750. The van der Waals surface area contributed by atoms with Crippen LogP contribution in [0.4, 0.5) is 0 Å². The van der Waals surface area contributed by atoms with Gasteiger partial charge in [-0.1, -0.05) is 0 Å². The lowest BCUT2D eigenvalue weighted by Crippen LogP contribution is -2.55. The molecule has 49 heavy (non-hydrogen) atoms. The van der Waals surface area contributed by atoms with Crippen LogP contribution in [0.2, 0.25) is 0 Å². The van der Waals surface area contributed by atoms with Crippen molar-refractivity contribution in [1.29, 1.82) is 0 Å². The maximum Gasteiger partial charge on any atom is 0.475 e. The van der Waals surface area contributed by atoms with Gasteiger partial charge >= 0.3 is 25.0 Å². The van der Waals surface area contributed by atoms with Crippen molar-refractivity contribution in [1.82, 2.24) is 40.4 Å². The lowest BCUT2D eigenvalue weighted by molar-refractivity contribution is -0.140. The Bertz CT molecular complexity index is 1150. The molecule has 0 aromatic heterocycles. The topological polar surface area (TPSA) is 273 Å². The Morgan fingerprint density at radius 3 is 1.47 bits per heavy atom. The molecule has 2 saturated heterocycles. The minimum Gasteiger partial charge on any atom is -0.480 e. The second-order valence-corrected chi connectivity index (χ2v) is 12.2. The summed E-state index contributed by atoms with van der Waals surface area (Å²) >= 11 is 0. The number of rotatable bonds is 15. The molecule has 0 bridgehead atoms. The van der Waals surface area contributed by atoms with E-state index in [4.69, 9.17) is 0 Å². The third-order valence-corrected chi connectivity index (χ3v) is 8.25. The number of nitrogens with zero attached hydrogens (tertiary/aromatic N) is 5. The molecule has 2 fully saturated rings. The number of carbonyl (C=O) groups excluding carboxylic acids is 4. The second kappa shape index (κ2) is 20.6. The van der Waals surface area contributed by atoms with Crippen LogP contribution in [0.25, 0.3) is 0 Å². The van der Waals surface area contributed by atoms with Gasteiger partial charge in [-0.3, -0.25) is 53.2 Å². The predicted octanol–water partition coefficient (Wildman–Crippen LogP) is -5.41. The molecule has 2 aliphatic heterocycles.